The van der Waals surface area contributed by atoms with Gasteiger partial charge in [-0.05, 0) is 75.6 Å². The molecule has 2 aromatic heterocycles. The molecule has 0 aliphatic heterocycles. The number of rotatable bonds is 18. The Bertz CT molecular complexity index is 2150. The maximum absolute atomic E-state index is 12.8. The predicted octanol–water partition coefficient (Wildman–Crippen LogP) is 3.85. The SMILES string of the molecule is CC(C)(C)OC(=O)NC(C)(C)C(=O)N[C@H](COCc1ccccc1)c1nn[nH]n1.COC(=O)C(c1ccccc1)n1nnnc1[C@@H](COCc1ccccc1)NC(=O)C(C)(C)N.Cl. The number of tetrazole rings is 2. The minimum atomic E-state index is -1.23. The highest BCUT2D eigenvalue weighted by Gasteiger charge is 2.35. The largest absolute Gasteiger partial charge is 0.467 e. The molecule has 63 heavy (non-hydrogen) atoms. The van der Waals surface area contributed by atoms with Crippen LogP contribution in [0, 0.1) is 0 Å². The molecule has 0 aliphatic rings. The van der Waals surface area contributed by atoms with Crippen LogP contribution in [0.15, 0.2) is 91.0 Å². The van der Waals surface area contributed by atoms with Crippen LogP contribution >= 0.6 is 12.4 Å². The van der Waals surface area contributed by atoms with Gasteiger partial charge in [0.1, 0.15) is 23.2 Å². The number of esters is 1. The van der Waals surface area contributed by atoms with E-state index in [0.717, 1.165) is 11.1 Å². The minimum Gasteiger partial charge on any atom is -0.467 e. The van der Waals surface area contributed by atoms with Gasteiger partial charge >= 0.3 is 12.1 Å². The highest BCUT2D eigenvalue weighted by molar-refractivity contribution is 5.89. The first-order valence-corrected chi connectivity index (χ1v) is 19.7. The molecular formula is C42H57ClN12O8. The average molecular weight is 893 g/mol. The second-order valence-electron chi connectivity index (χ2n) is 16.1. The van der Waals surface area contributed by atoms with Gasteiger partial charge in [0.25, 0.3) is 0 Å². The normalized spacial score (nSPS) is 12.8. The molecule has 5 rings (SSSR count). The van der Waals surface area contributed by atoms with Gasteiger partial charge in [0.15, 0.2) is 17.7 Å². The van der Waals surface area contributed by atoms with Crippen LogP contribution in [0.3, 0.4) is 0 Å². The Morgan fingerprint density at radius 2 is 1.27 bits per heavy atom. The van der Waals surface area contributed by atoms with E-state index in [1.54, 1.807) is 72.7 Å². The van der Waals surface area contributed by atoms with Crippen LogP contribution in [-0.4, -0.2) is 102 Å². The zero-order valence-electron chi connectivity index (χ0n) is 36.6. The lowest BCUT2D eigenvalue weighted by Crippen LogP contribution is -2.56. The van der Waals surface area contributed by atoms with Gasteiger partial charge in [-0.3, -0.25) is 9.59 Å². The number of carbonyl (C=O) groups excluding carboxylic acids is 4. The van der Waals surface area contributed by atoms with Gasteiger partial charge in [-0.15, -0.1) is 27.7 Å². The number of alkyl carbamates (subject to hydrolysis) is 1. The van der Waals surface area contributed by atoms with Crippen molar-refractivity contribution in [3.8, 4) is 0 Å². The van der Waals surface area contributed by atoms with Crippen molar-refractivity contribution >= 4 is 36.3 Å². The van der Waals surface area contributed by atoms with E-state index in [4.69, 9.17) is 24.7 Å². The molecule has 0 bridgehead atoms. The van der Waals surface area contributed by atoms with E-state index in [9.17, 15) is 19.2 Å². The van der Waals surface area contributed by atoms with E-state index in [2.05, 4.69) is 52.1 Å². The van der Waals surface area contributed by atoms with Gasteiger partial charge in [0, 0.05) is 0 Å². The van der Waals surface area contributed by atoms with Crippen LogP contribution < -0.4 is 21.7 Å². The number of nitrogens with one attached hydrogen (secondary N) is 4. The number of nitrogens with zero attached hydrogens (tertiary/aromatic N) is 7. The fraction of sp³-hybridized carbons (Fsp3) is 0.429. The number of methoxy groups -OCH3 is 1. The number of aromatic nitrogens is 8. The van der Waals surface area contributed by atoms with E-state index in [1.165, 1.54) is 11.8 Å². The fourth-order valence-corrected chi connectivity index (χ4v) is 5.45. The summed E-state index contributed by atoms with van der Waals surface area (Å²) in [5, 5.41) is 33.9. The van der Waals surface area contributed by atoms with Crippen molar-refractivity contribution in [1.29, 1.82) is 0 Å². The molecule has 0 saturated heterocycles. The van der Waals surface area contributed by atoms with Crippen molar-refractivity contribution in [2.45, 2.75) is 96.5 Å². The third kappa shape index (κ3) is 16.5. The predicted molar refractivity (Wildman–Crippen MR) is 232 cm³/mol. The molecule has 0 radical (unpaired) electrons. The number of benzene rings is 3. The summed E-state index contributed by atoms with van der Waals surface area (Å²) in [6, 6.07) is 25.9. The Hall–Kier alpha value is -6.35. The van der Waals surface area contributed by atoms with Crippen molar-refractivity contribution in [2.24, 2.45) is 5.73 Å². The van der Waals surface area contributed by atoms with Gasteiger partial charge < -0.3 is 40.6 Å². The second kappa shape index (κ2) is 23.8. The van der Waals surface area contributed by atoms with Crippen molar-refractivity contribution in [1.82, 2.24) is 56.8 Å². The standard InChI is InChI=1S/C23H28N6O4.C19H28N6O4.ClH/c1-23(2,24)22(31)25-18(15-33-14-16-10-6-4-7-11-16)20-26-27-28-29(20)19(21(30)32-3)17-12-8-5-9-13-17;1-18(2,3)29-17(27)21-19(4,5)16(26)20-14(15-22-24-25-23-15)12-28-11-13-9-7-6-8-10-13;/h4-13,18-19H,14-15,24H2,1-3H3,(H,25,31);6-10,14H,11-12H2,1-5H3,(H,20,26)(H,21,27)(H,22,23,24,25);1H/t18-,19?;14-;/m11./s1. The third-order valence-electron chi connectivity index (χ3n) is 8.66. The Morgan fingerprint density at radius 3 is 1.76 bits per heavy atom. The van der Waals surface area contributed by atoms with Crippen molar-refractivity contribution in [3.05, 3.63) is 119 Å². The molecule has 20 nitrogen and oxygen atoms in total. The molecule has 0 saturated carbocycles. The topological polar surface area (TPSA) is 265 Å². The molecule has 340 valence electrons. The van der Waals surface area contributed by atoms with E-state index < -0.39 is 58.7 Å². The van der Waals surface area contributed by atoms with E-state index in [1.807, 2.05) is 66.7 Å². The molecule has 3 amide bonds. The molecular weight excluding hydrogens is 836 g/mol. The molecule has 0 fully saturated rings. The lowest BCUT2D eigenvalue weighted by molar-refractivity contribution is -0.143. The molecule has 21 heteroatoms. The number of ether oxygens (including phenoxy) is 4. The van der Waals surface area contributed by atoms with Crippen molar-refractivity contribution in [2.75, 3.05) is 20.3 Å². The molecule has 3 atom stereocenters. The number of hydrogen-bond donors (Lipinski definition) is 5. The summed E-state index contributed by atoms with van der Waals surface area (Å²) >= 11 is 0. The monoisotopic (exact) mass is 892 g/mol. The quantitative estimate of drug-likeness (QED) is 0.0783. The van der Waals surface area contributed by atoms with Crippen LogP contribution in [0.1, 0.15) is 94.9 Å². The zero-order chi connectivity index (χ0) is 45.3. The van der Waals surface area contributed by atoms with E-state index >= 15 is 0 Å². The van der Waals surface area contributed by atoms with Gasteiger partial charge in [-0.1, -0.05) is 96.2 Å². The zero-order valence-corrected chi connectivity index (χ0v) is 37.4. The van der Waals surface area contributed by atoms with Gasteiger partial charge in [-0.25, -0.2) is 14.3 Å². The Labute approximate surface area is 372 Å². The van der Waals surface area contributed by atoms with Gasteiger partial charge in [0.05, 0.1) is 39.1 Å². The number of H-pyrrole nitrogens is 1. The number of hydrogen-bond acceptors (Lipinski definition) is 15. The van der Waals surface area contributed by atoms with Crippen LogP contribution in [-0.2, 0) is 46.5 Å². The molecule has 0 spiro atoms. The first kappa shape index (κ1) is 51.0. The Kier molecular flexibility index (Phi) is 19.2. The van der Waals surface area contributed by atoms with E-state index in [-0.39, 0.29) is 37.3 Å². The molecule has 5 aromatic rings. The van der Waals surface area contributed by atoms with Crippen LogP contribution in [0.5, 0.6) is 0 Å². The highest BCUT2D eigenvalue weighted by Crippen LogP contribution is 2.24. The van der Waals surface area contributed by atoms with E-state index in [0.29, 0.717) is 18.8 Å². The molecule has 6 N–H and O–H groups in total. The molecule has 1 unspecified atom stereocenters. The lowest BCUT2D eigenvalue weighted by atomic mass is 10.0. The number of nitrogens with two attached hydrogens (primary N) is 1. The van der Waals surface area contributed by atoms with Crippen LogP contribution in [0.2, 0.25) is 0 Å². The first-order valence-electron chi connectivity index (χ1n) is 19.7. The Balaban J connectivity index is 0.000000333. The summed E-state index contributed by atoms with van der Waals surface area (Å²) in [6.07, 6.45) is -0.686. The van der Waals surface area contributed by atoms with Gasteiger partial charge in [-0.2, -0.15) is 5.21 Å². The smallest absolute Gasteiger partial charge is 0.408 e. The summed E-state index contributed by atoms with van der Waals surface area (Å²) in [5.74, 6) is -0.898. The highest BCUT2D eigenvalue weighted by atomic mass is 35.5. The summed E-state index contributed by atoms with van der Waals surface area (Å²) in [7, 11) is 1.29. The first-order chi connectivity index (χ1) is 29.4. The van der Waals surface area contributed by atoms with Gasteiger partial charge in [0.2, 0.25) is 11.8 Å². The van der Waals surface area contributed by atoms with Crippen LogP contribution in [0.4, 0.5) is 4.79 Å². The molecule has 3 aromatic carbocycles. The number of carbonyl (C=O) groups is 4. The minimum absolute atomic E-state index is 0. The second-order valence-corrected chi connectivity index (χ2v) is 16.1. The summed E-state index contributed by atoms with van der Waals surface area (Å²) in [6.45, 7) is 12.4. The third-order valence-corrected chi connectivity index (χ3v) is 8.66. The summed E-state index contributed by atoms with van der Waals surface area (Å²) in [5.41, 5.74) is 5.53. The Morgan fingerprint density at radius 1 is 0.746 bits per heavy atom. The number of amides is 3. The summed E-state index contributed by atoms with van der Waals surface area (Å²) in [4.78, 5) is 50.2. The van der Waals surface area contributed by atoms with Crippen LogP contribution in [0.25, 0.3) is 0 Å². The maximum Gasteiger partial charge on any atom is 0.408 e. The summed E-state index contributed by atoms with van der Waals surface area (Å²) < 4.78 is 23.1. The number of aromatic amines is 1. The molecule has 0 aliphatic carbocycles. The van der Waals surface area contributed by atoms with Crippen molar-refractivity contribution < 1.29 is 38.1 Å². The van der Waals surface area contributed by atoms with Crippen molar-refractivity contribution in [3.63, 3.8) is 0 Å². The number of halogens is 1. The maximum atomic E-state index is 12.8. The molecule has 2 heterocycles. The fourth-order valence-electron chi connectivity index (χ4n) is 5.45. The average Bonchev–Trinajstić information content (AvgIpc) is 3.94. The lowest BCUT2D eigenvalue weighted by Gasteiger charge is -2.29.